The Bertz CT molecular complexity index is 513. The molecule has 20 heavy (non-hydrogen) atoms. The van der Waals surface area contributed by atoms with Crippen molar-refractivity contribution in [3.8, 4) is 5.75 Å². The predicted octanol–water partition coefficient (Wildman–Crippen LogP) is 3.76. The first-order chi connectivity index (χ1) is 9.78. The van der Waals surface area contributed by atoms with Gasteiger partial charge in [-0.3, -0.25) is 0 Å². The number of aryl methyl sites for hydroxylation is 1. The van der Waals surface area contributed by atoms with Crippen molar-refractivity contribution in [3.63, 3.8) is 0 Å². The van der Waals surface area contributed by atoms with E-state index in [1.807, 2.05) is 24.3 Å². The number of methoxy groups -OCH3 is 1. The molecule has 0 radical (unpaired) electrons. The summed E-state index contributed by atoms with van der Waals surface area (Å²) in [5, 5.41) is 8.86. The number of aliphatic hydroxyl groups excluding tert-OH is 1. The minimum atomic E-state index is 0.200. The number of rotatable bonds is 7. The minimum absolute atomic E-state index is 0.200. The van der Waals surface area contributed by atoms with E-state index in [4.69, 9.17) is 14.3 Å². The van der Waals surface area contributed by atoms with Gasteiger partial charge in [-0.1, -0.05) is 19.1 Å². The molecule has 2 rings (SSSR count). The molecule has 1 unspecified atom stereocenters. The maximum Gasteiger partial charge on any atom is 0.118 e. The Balaban J connectivity index is 2.15. The fourth-order valence-electron chi connectivity index (χ4n) is 2.41. The second kappa shape index (κ2) is 7.15. The Morgan fingerprint density at radius 2 is 1.90 bits per heavy atom. The highest BCUT2D eigenvalue weighted by Crippen LogP contribution is 2.30. The number of hydrogen-bond donors (Lipinski definition) is 1. The first-order valence-electron chi connectivity index (χ1n) is 7.12. The van der Waals surface area contributed by atoms with E-state index in [9.17, 15) is 0 Å². The average molecular weight is 274 g/mol. The van der Waals surface area contributed by atoms with E-state index in [-0.39, 0.29) is 12.5 Å². The summed E-state index contributed by atoms with van der Waals surface area (Å²) >= 11 is 0. The lowest BCUT2D eigenvalue weighted by Gasteiger charge is -2.13. The monoisotopic (exact) mass is 274 g/mol. The Morgan fingerprint density at radius 3 is 2.50 bits per heavy atom. The summed E-state index contributed by atoms with van der Waals surface area (Å²) in [7, 11) is 1.67. The van der Waals surface area contributed by atoms with Crippen LogP contribution in [0.2, 0.25) is 0 Å². The Kier molecular flexibility index (Phi) is 5.24. The summed E-state index contributed by atoms with van der Waals surface area (Å²) in [4.78, 5) is 0. The van der Waals surface area contributed by atoms with Gasteiger partial charge in [0.05, 0.1) is 7.11 Å². The first kappa shape index (κ1) is 14.7. The number of furan rings is 1. The molecule has 0 aliphatic rings. The summed E-state index contributed by atoms with van der Waals surface area (Å²) in [5.74, 6) is 3.07. The van der Waals surface area contributed by atoms with Crippen molar-refractivity contribution in [1.82, 2.24) is 0 Å². The third kappa shape index (κ3) is 3.42. The molecule has 0 aliphatic carbocycles. The van der Waals surface area contributed by atoms with Crippen molar-refractivity contribution in [1.29, 1.82) is 0 Å². The fraction of sp³-hybridized carbons (Fsp3) is 0.412. The molecule has 1 aromatic carbocycles. The summed E-state index contributed by atoms with van der Waals surface area (Å²) < 4.78 is 11.1. The molecule has 2 aromatic rings. The molecule has 0 fully saturated rings. The van der Waals surface area contributed by atoms with Gasteiger partial charge in [-0.15, -0.1) is 0 Å². The number of aliphatic hydroxyl groups is 1. The van der Waals surface area contributed by atoms with E-state index in [0.717, 1.165) is 36.5 Å². The third-order valence-corrected chi connectivity index (χ3v) is 3.53. The standard InChI is InChI=1S/C17H22O3/c1-3-16(13-6-8-14(19-2)9-7-13)17-11-10-15(20-17)5-4-12-18/h6-11,16,18H,3-5,12H2,1-2H3. The highest BCUT2D eigenvalue weighted by atomic mass is 16.5. The first-order valence-corrected chi connectivity index (χ1v) is 7.12. The lowest BCUT2D eigenvalue weighted by Crippen LogP contribution is -1.98. The summed E-state index contributed by atoms with van der Waals surface area (Å²) in [6.07, 6.45) is 2.51. The molecule has 0 saturated heterocycles. The smallest absolute Gasteiger partial charge is 0.118 e. The van der Waals surface area contributed by atoms with Gasteiger partial charge in [-0.2, -0.15) is 0 Å². The normalized spacial score (nSPS) is 12.3. The van der Waals surface area contributed by atoms with Crippen molar-refractivity contribution in [2.24, 2.45) is 0 Å². The van der Waals surface area contributed by atoms with Crippen LogP contribution in [0.4, 0.5) is 0 Å². The van der Waals surface area contributed by atoms with E-state index in [1.165, 1.54) is 5.56 Å². The van der Waals surface area contributed by atoms with Gasteiger partial charge >= 0.3 is 0 Å². The molecule has 3 nitrogen and oxygen atoms in total. The Morgan fingerprint density at radius 1 is 1.15 bits per heavy atom. The second-order valence-corrected chi connectivity index (χ2v) is 4.87. The van der Waals surface area contributed by atoms with Crippen LogP contribution in [0.1, 0.15) is 42.8 Å². The number of ether oxygens (including phenoxy) is 1. The number of benzene rings is 1. The maximum absolute atomic E-state index is 8.86. The molecule has 0 bridgehead atoms. The van der Waals surface area contributed by atoms with Crippen LogP contribution < -0.4 is 4.74 Å². The largest absolute Gasteiger partial charge is 0.497 e. The lowest BCUT2D eigenvalue weighted by molar-refractivity contribution is 0.283. The summed E-state index contributed by atoms with van der Waals surface area (Å²) in [6, 6.07) is 12.2. The lowest BCUT2D eigenvalue weighted by atomic mass is 9.94. The van der Waals surface area contributed by atoms with Gasteiger partial charge < -0.3 is 14.3 Å². The van der Waals surface area contributed by atoms with E-state index < -0.39 is 0 Å². The van der Waals surface area contributed by atoms with Crippen molar-refractivity contribution < 1.29 is 14.3 Å². The molecule has 1 N–H and O–H groups in total. The van der Waals surface area contributed by atoms with E-state index in [0.29, 0.717) is 0 Å². The fourth-order valence-corrected chi connectivity index (χ4v) is 2.41. The molecule has 1 atom stereocenters. The average Bonchev–Trinajstić information content (AvgIpc) is 2.95. The molecule has 108 valence electrons. The highest BCUT2D eigenvalue weighted by molar-refractivity contribution is 5.33. The van der Waals surface area contributed by atoms with Crippen LogP contribution in [0.5, 0.6) is 5.75 Å². The van der Waals surface area contributed by atoms with Gasteiger partial charge in [0.15, 0.2) is 0 Å². The van der Waals surface area contributed by atoms with Crippen LogP contribution in [-0.4, -0.2) is 18.8 Å². The zero-order chi connectivity index (χ0) is 14.4. The van der Waals surface area contributed by atoms with Crippen LogP contribution in [0.25, 0.3) is 0 Å². The zero-order valence-electron chi connectivity index (χ0n) is 12.1. The second-order valence-electron chi connectivity index (χ2n) is 4.87. The van der Waals surface area contributed by atoms with E-state index in [1.54, 1.807) is 7.11 Å². The third-order valence-electron chi connectivity index (χ3n) is 3.53. The van der Waals surface area contributed by atoms with Crippen LogP contribution >= 0.6 is 0 Å². The van der Waals surface area contributed by atoms with Crippen LogP contribution in [0.3, 0.4) is 0 Å². The molecule has 3 heteroatoms. The highest BCUT2D eigenvalue weighted by Gasteiger charge is 2.16. The quantitative estimate of drug-likeness (QED) is 0.836. The minimum Gasteiger partial charge on any atom is -0.497 e. The van der Waals surface area contributed by atoms with Gasteiger partial charge in [0.1, 0.15) is 17.3 Å². The molecular formula is C17H22O3. The van der Waals surface area contributed by atoms with Gasteiger partial charge in [-0.25, -0.2) is 0 Å². The summed E-state index contributed by atoms with van der Waals surface area (Å²) in [6.45, 7) is 2.36. The van der Waals surface area contributed by atoms with Crippen molar-refractivity contribution in [2.45, 2.75) is 32.1 Å². The molecule has 1 heterocycles. The van der Waals surface area contributed by atoms with Crippen LogP contribution in [0.15, 0.2) is 40.8 Å². The van der Waals surface area contributed by atoms with Gasteiger partial charge in [0, 0.05) is 18.9 Å². The van der Waals surface area contributed by atoms with E-state index >= 15 is 0 Å². The zero-order valence-corrected chi connectivity index (χ0v) is 12.1. The molecule has 1 aromatic heterocycles. The molecule has 0 amide bonds. The Hall–Kier alpha value is -1.74. The predicted molar refractivity (Wildman–Crippen MR) is 79.2 cm³/mol. The van der Waals surface area contributed by atoms with Crippen LogP contribution in [0, 0.1) is 0 Å². The topological polar surface area (TPSA) is 42.6 Å². The van der Waals surface area contributed by atoms with Crippen LogP contribution in [-0.2, 0) is 6.42 Å². The number of hydrogen-bond acceptors (Lipinski definition) is 3. The molecule has 0 spiro atoms. The van der Waals surface area contributed by atoms with Gasteiger partial charge in [-0.05, 0) is 42.7 Å². The van der Waals surface area contributed by atoms with E-state index in [2.05, 4.69) is 19.1 Å². The Labute approximate surface area is 120 Å². The summed E-state index contributed by atoms with van der Waals surface area (Å²) in [5.41, 5.74) is 1.23. The molecule has 0 saturated carbocycles. The van der Waals surface area contributed by atoms with Gasteiger partial charge in [0.25, 0.3) is 0 Å². The van der Waals surface area contributed by atoms with Gasteiger partial charge in [0.2, 0.25) is 0 Å². The van der Waals surface area contributed by atoms with Crippen molar-refractivity contribution in [3.05, 3.63) is 53.5 Å². The van der Waals surface area contributed by atoms with Crippen molar-refractivity contribution in [2.75, 3.05) is 13.7 Å². The van der Waals surface area contributed by atoms with Crippen molar-refractivity contribution >= 4 is 0 Å². The SMILES string of the molecule is CCC(c1ccc(OC)cc1)c1ccc(CCCO)o1. The maximum atomic E-state index is 8.86. The molecular weight excluding hydrogens is 252 g/mol. The molecule has 0 aliphatic heterocycles.